The third kappa shape index (κ3) is 5.25. The van der Waals surface area contributed by atoms with Crippen molar-refractivity contribution in [1.82, 2.24) is 4.90 Å². The van der Waals surface area contributed by atoms with Gasteiger partial charge in [0.1, 0.15) is 5.75 Å². The molecular weight excluding hydrogens is 446 g/mol. The van der Waals surface area contributed by atoms with Gasteiger partial charge < -0.3 is 14.9 Å². The van der Waals surface area contributed by atoms with E-state index in [1.165, 1.54) is 0 Å². The van der Waals surface area contributed by atoms with E-state index in [9.17, 15) is 24.6 Å². The van der Waals surface area contributed by atoms with Crippen molar-refractivity contribution in [3.05, 3.63) is 89.5 Å². The zero-order valence-electron chi connectivity index (χ0n) is 19.4. The Labute approximate surface area is 203 Å². The summed E-state index contributed by atoms with van der Waals surface area (Å²) >= 11 is 0. The number of methoxy groups -OCH3 is 1. The van der Waals surface area contributed by atoms with E-state index in [4.69, 9.17) is 4.74 Å². The van der Waals surface area contributed by atoms with E-state index in [0.717, 1.165) is 27.3 Å². The number of aliphatic hydroxyl groups is 1. The highest BCUT2D eigenvalue weighted by Gasteiger charge is 2.36. The monoisotopic (exact) mass is 473 g/mol. The van der Waals surface area contributed by atoms with Gasteiger partial charge in [0.05, 0.1) is 30.3 Å². The summed E-state index contributed by atoms with van der Waals surface area (Å²) in [6.07, 6.45) is -0.371. The molecule has 2 amide bonds. The van der Waals surface area contributed by atoms with Gasteiger partial charge in [0, 0.05) is 6.54 Å². The zero-order chi connectivity index (χ0) is 24.9. The number of fused-ring (bicyclic) bond motifs is 1. The molecule has 1 heterocycles. The lowest BCUT2D eigenvalue weighted by molar-refractivity contribution is -0.146. The highest BCUT2D eigenvalue weighted by molar-refractivity contribution is 6.21. The fourth-order valence-corrected chi connectivity index (χ4v) is 4.35. The van der Waals surface area contributed by atoms with Crippen LogP contribution in [0.15, 0.2) is 72.8 Å². The first-order valence-electron chi connectivity index (χ1n) is 11.5. The molecule has 0 saturated carbocycles. The smallest absolute Gasteiger partial charge is 0.309 e. The van der Waals surface area contributed by atoms with Crippen molar-refractivity contribution in [3.63, 3.8) is 0 Å². The minimum absolute atomic E-state index is 0.0155. The molecule has 3 aromatic rings. The molecule has 35 heavy (non-hydrogen) atoms. The lowest BCUT2D eigenvalue weighted by Crippen LogP contribution is -2.36. The minimum atomic E-state index is -1.15. The van der Waals surface area contributed by atoms with Gasteiger partial charge in [0.2, 0.25) is 0 Å². The molecule has 7 nitrogen and oxygen atoms in total. The van der Waals surface area contributed by atoms with Crippen molar-refractivity contribution in [2.24, 2.45) is 5.92 Å². The maximum atomic E-state index is 12.5. The molecule has 7 heteroatoms. The molecule has 2 N–H and O–H groups in total. The van der Waals surface area contributed by atoms with Gasteiger partial charge in [-0.25, -0.2) is 0 Å². The van der Waals surface area contributed by atoms with Crippen LogP contribution < -0.4 is 4.74 Å². The van der Waals surface area contributed by atoms with E-state index < -0.39 is 29.8 Å². The summed E-state index contributed by atoms with van der Waals surface area (Å²) in [5, 5.41) is 20.3. The average molecular weight is 474 g/mol. The quantitative estimate of drug-likeness (QED) is 0.431. The van der Waals surface area contributed by atoms with E-state index in [1.807, 2.05) is 48.5 Å². The van der Waals surface area contributed by atoms with Crippen LogP contribution in [0.1, 0.15) is 39.1 Å². The number of aliphatic carboxylic acids is 1. The molecule has 1 aliphatic rings. The Morgan fingerprint density at radius 1 is 0.857 bits per heavy atom. The highest BCUT2D eigenvalue weighted by Crippen LogP contribution is 2.26. The molecule has 180 valence electrons. The molecule has 0 spiro atoms. The summed E-state index contributed by atoms with van der Waals surface area (Å²) in [6.45, 7) is -0.0586. The number of hydrogen-bond donors (Lipinski definition) is 2. The number of aryl methyl sites for hydroxylation is 1. The number of rotatable bonds is 10. The molecule has 0 aliphatic carbocycles. The van der Waals surface area contributed by atoms with Gasteiger partial charge in [-0.2, -0.15) is 0 Å². The van der Waals surface area contributed by atoms with E-state index in [0.29, 0.717) is 17.5 Å². The molecule has 2 unspecified atom stereocenters. The van der Waals surface area contributed by atoms with Crippen LogP contribution in [0.5, 0.6) is 5.75 Å². The number of carboxylic acids is 1. The molecular formula is C28H27NO6. The first-order valence-corrected chi connectivity index (χ1v) is 11.5. The van der Waals surface area contributed by atoms with Gasteiger partial charge >= 0.3 is 5.97 Å². The van der Waals surface area contributed by atoms with Crippen molar-refractivity contribution < 1.29 is 29.3 Å². The SMILES string of the molecule is COc1ccc(-c2ccc(CCC(O)C(CCN3C(=O)c4ccccc4C3=O)C(=O)O)cc2)cc1. The van der Waals surface area contributed by atoms with Crippen LogP contribution in [-0.2, 0) is 11.2 Å². The topological polar surface area (TPSA) is 104 Å². The predicted octanol–water partition coefficient (Wildman–Crippen LogP) is 4.04. The van der Waals surface area contributed by atoms with Crippen molar-refractivity contribution in [2.45, 2.75) is 25.4 Å². The third-order valence-corrected chi connectivity index (χ3v) is 6.43. The van der Waals surface area contributed by atoms with Gasteiger partial charge in [0.15, 0.2) is 0 Å². The largest absolute Gasteiger partial charge is 0.497 e. The summed E-state index contributed by atoms with van der Waals surface area (Å²) in [5.41, 5.74) is 3.72. The Morgan fingerprint density at radius 3 is 1.91 bits per heavy atom. The van der Waals surface area contributed by atoms with Crippen LogP contribution >= 0.6 is 0 Å². The first kappa shape index (κ1) is 24.2. The fourth-order valence-electron chi connectivity index (χ4n) is 4.35. The van der Waals surface area contributed by atoms with Crippen LogP contribution in [-0.4, -0.2) is 52.7 Å². The number of benzene rings is 3. The number of aliphatic hydroxyl groups excluding tert-OH is 1. The lowest BCUT2D eigenvalue weighted by atomic mass is 9.93. The number of amides is 2. The Kier molecular flexibility index (Phi) is 7.27. The van der Waals surface area contributed by atoms with E-state index in [2.05, 4.69) is 0 Å². The maximum absolute atomic E-state index is 12.5. The van der Waals surface area contributed by atoms with Crippen LogP contribution in [0.25, 0.3) is 11.1 Å². The molecule has 0 fully saturated rings. The summed E-state index contributed by atoms with van der Waals surface area (Å²) in [7, 11) is 1.62. The summed E-state index contributed by atoms with van der Waals surface area (Å²) < 4.78 is 5.18. The molecule has 0 aromatic heterocycles. The second-order valence-corrected chi connectivity index (χ2v) is 8.57. The molecule has 0 radical (unpaired) electrons. The zero-order valence-corrected chi connectivity index (χ0v) is 19.4. The third-order valence-electron chi connectivity index (χ3n) is 6.43. The second kappa shape index (κ2) is 10.5. The highest BCUT2D eigenvalue weighted by atomic mass is 16.5. The molecule has 4 rings (SSSR count). The van der Waals surface area contributed by atoms with Crippen molar-refractivity contribution in [2.75, 3.05) is 13.7 Å². The number of carbonyl (C=O) groups is 3. The van der Waals surface area contributed by atoms with E-state index in [-0.39, 0.29) is 19.4 Å². The molecule has 0 saturated heterocycles. The Morgan fingerprint density at radius 2 is 1.40 bits per heavy atom. The van der Waals surface area contributed by atoms with Crippen LogP contribution in [0.2, 0.25) is 0 Å². The van der Waals surface area contributed by atoms with Crippen molar-refractivity contribution in [3.8, 4) is 16.9 Å². The van der Waals surface area contributed by atoms with Crippen molar-refractivity contribution >= 4 is 17.8 Å². The number of hydrogen-bond acceptors (Lipinski definition) is 5. The summed E-state index contributed by atoms with van der Waals surface area (Å²) in [4.78, 5) is 37.9. The number of ether oxygens (including phenoxy) is 1. The molecule has 0 bridgehead atoms. The first-order chi connectivity index (χ1) is 16.9. The minimum Gasteiger partial charge on any atom is -0.497 e. The predicted molar refractivity (Wildman–Crippen MR) is 130 cm³/mol. The van der Waals surface area contributed by atoms with Gasteiger partial charge in [0.25, 0.3) is 11.8 Å². The normalized spacial score (nSPS) is 14.5. The molecule has 1 aliphatic heterocycles. The maximum Gasteiger partial charge on any atom is 0.309 e. The standard InChI is InChI=1S/C28H27NO6/c1-35-21-13-11-20(12-14-21)19-9-6-18(7-10-19)8-15-25(30)24(28(33)34)16-17-29-26(31)22-4-2-3-5-23(22)27(29)32/h2-7,9-14,24-25,30H,8,15-17H2,1H3,(H,33,34). The molecule has 3 aromatic carbocycles. The number of carbonyl (C=O) groups excluding carboxylic acids is 2. The van der Waals surface area contributed by atoms with E-state index in [1.54, 1.807) is 31.4 Å². The Balaban J connectivity index is 1.33. The van der Waals surface area contributed by atoms with Crippen LogP contribution in [0.4, 0.5) is 0 Å². The number of carboxylic acid groups (broad SMARTS) is 1. The molecule has 2 atom stereocenters. The van der Waals surface area contributed by atoms with Gasteiger partial charge in [-0.15, -0.1) is 0 Å². The fraction of sp³-hybridized carbons (Fsp3) is 0.250. The Bertz CT molecular complexity index is 1180. The lowest BCUT2D eigenvalue weighted by Gasteiger charge is -2.22. The average Bonchev–Trinajstić information content (AvgIpc) is 3.12. The van der Waals surface area contributed by atoms with E-state index >= 15 is 0 Å². The summed E-state index contributed by atoms with van der Waals surface area (Å²) in [5.74, 6) is -2.31. The number of nitrogens with zero attached hydrogens (tertiary/aromatic N) is 1. The van der Waals surface area contributed by atoms with Crippen molar-refractivity contribution in [1.29, 1.82) is 0 Å². The summed E-state index contributed by atoms with van der Waals surface area (Å²) in [6, 6.07) is 22.2. The second-order valence-electron chi connectivity index (χ2n) is 8.57. The van der Waals surface area contributed by atoms with Crippen LogP contribution in [0.3, 0.4) is 0 Å². The number of imide groups is 1. The van der Waals surface area contributed by atoms with Gasteiger partial charge in [-0.3, -0.25) is 19.3 Å². The Hall–Kier alpha value is -3.97. The van der Waals surface area contributed by atoms with Crippen LogP contribution in [0, 0.1) is 5.92 Å². The van der Waals surface area contributed by atoms with Gasteiger partial charge in [-0.1, -0.05) is 48.5 Å². The van der Waals surface area contributed by atoms with Gasteiger partial charge in [-0.05, 0) is 60.2 Å².